The second-order valence-corrected chi connectivity index (χ2v) is 5.02. The van der Waals surface area contributed by atoms with Crippen molar-refractivity contribution in [3.8, 4) is 11.5 Å². The van der Waals surface area contributed by atoms with E-state index in [1.807, 2.05) is 48.5 Å². The van der Waals surface area contributed by atoms with E-state index in [1.54, 1.807) is 6.92 Å². The molecule has 0 amide bonds. The first-order valence-corrected chi connectivity index (χ1v) is 6.90. The second kappa shape index (κ2) is 5.58. The molecule has 3 rings (SSSR count). The SMILES string of the molecule is COC(=O)[C@H](C)NC1c2ccccc2Oc2ccccc21. The summed E-state index contributed by atoms with van der Waals surface area (Å²) in [5.41, 5.74) is 2.04. The monoisotopic (exact) mass is 283 g/mol. The topological polar surface area (TPSA) is 47.6 Å². The highest BCUT2D eigenvalue weighted by molar-refractivity contribution is 5.75. The predicted molar refractivity (Wildman–Crippen MR) is 79.4 cm³/mol. The van der Waals surface area contributed by atoms with Crippen LogP contribution in [0.4, 0.5) is 0 Å². The molecular weight excluding hydrogens is 266 g/mol. The van der Waals surface area contributed by atoms with Crippen molar-refractivity contribution in [3.63, 3.8) is 0 Å². The maximum absolute atomic E-state index is 11.7. The summed E-state index contributed by atoms with van der Waals surface area (Å²) in [6.07, 6.45) is 0. The Balaban J connectivity index is 2.00. The quantitative estimate of drug-likeness (QED) is 0.880. The Morgan fingerprint density at radius 1 is 1.10 bits per heavy atom. The molecule has 0 aliphatic carbocycles. The number of carbonyl (C=O) groups excluding carboxylic acids is 1. The van der Waals surface area contributed by atoms with Crippen molar-refractivity contribution < 1.29 is 14.3 Å². The molecule has 0 aromatic heterocycles. The van der Waals surface area contributed by atoms with Crippen LogP contribution in [-0.2, 0) is 9.53 Å². The molecule has 1 atom stereocenters. The molecule has 108 valence electrons. The first kappa shape index (κ1) is 13.6. The van der Waals surface area contributed by atoms with Crippen molar-refractivity contribution >= 4 is 5.97 Å². The maximum Gasteiger partial charge on any atom is 0.322 e. The highest BCUT2D eigenvalue weighted by atomic mass is 16.5. The van der Waals surface area contributed by atoms with Crippen molar-refractivity contribution in [1.82, 2.24) is 5.32 Å². The first-order chi connectivity index (χ1) is 10.2. The molecule has 0 spiro atoms. The molecular formula is C17H17NO3. The number of esters is 1. The Bertz CT molecular complexity index is 623. The van der Waals surface area contributed by atoms with E-state index >= 15 is 0 Å². The van der Waals surface area contributed by atoms with Crippen LogP contribution in [0.3, 0.4) is 0 Å². The third-order valence-electron chi connectivity index (χ3n) is 3.65. The zero-order valence-electron chi connectivity index (χ0n) is 12.0. The van der Waals surface area contributed by atoms with Crippen LogP contribution in [0.15, 0.2) is 48.5 Å². The third kappa shape index (κ3) is 2.50. The molecule has 0 saturated heterocycles. The minimum atomic E-state index is -0.404. The maximum atomic E-state index is 11.7. The number of para-hydroxylation sites is 2. The summed E-state index contributed by atoms with van der Waals surface area (Å²) < 4.78 is 10.7. The van der Waals surface area contributed by atoms with Gasteiger partial charge in [0.05, 0.1) is 13.2 Å². The summed E-state index contributed by atoms with van der Waals surface area (Å²) in [5.74, 6) is 1.34. The van der Waals surface area contributed by atoms with E-state index < -0.39 is 6.04 Å². The number of nitrogens with one attached hydrogen (secondary N) is 1. The largest absolute Gasteiger partial charge is 0.468 e. The Labute approximate surface area is 123 Å². The molecule has 0 fully saturated rings. The van der Waals surface area contributed by atoms with E-state index in [1.165, 1.54) is 7.11 Å². The average molecular weight is 283 g/mol. The van der Waals surface area contributed by atoms with E-state index in [-0.39, 0.29) is 12.0 Å². The molecule has 4 nitrogen and oxygen atoms in total. The summed E-state index contributed by atoms with van der Waals surface area (Å²) in [7, 11) is 1.40. The molecule has 0 radical (unpaired) electrons. The van der Waals surface area contributed by atoms with Gasteiger partial charge in [-0.1, -0.05) is 36.4 Å². The van der Waals surface area contributed by atoms with Gasteiger partial charge in [-0.2, -0.15) is 0 Å². The lowest BCUT2D eigenvalue weighted by atomic mass is 9.94. The molecule has 4 heteroatoms. The molecule has 0 unspecified atom stereocenters. The summed E-state index contributed by atoms with van der Waals surface area (Å²) >= 11 is 0. The fourth-order valence-corrected chi connectivity index (χ4v) is 2.58. The van der Waals surface area contributed by atoms with Gasteiger partial charge in [0.25, 0.3) is 0 Å². The third-order valence-corrected chi connectivity index (χ3v) is 3.65. The number of carbonyl (C=O) groups is 1. The molecule has 1 heterocycles. The highest BCUT2D eigenvalue weighted by Crippen LogP contribution is 2.42. The number of hydrogen-bond acceptors (Lipinski definition) is 4. The number of ether oxygens (including phenoxy) is 2. The predicted octanol–water partition coefficient (Wildman–Crippen LogP) is 3.03. The van der Waals surface area contributed by atoms with Crippen molar-refractivity contribution in [3.05, 3.63) is 59.7 Å². The zero-order valence-corrected chi connectivity index (χ0v) is 12.0. The Hall–Kier alpha value is -2.33. The van der Waals surface area contributed by atoms with Crippen LogP contribution in [0.25, 0.3) is 0 Å². The normalized spacial score (nSPS) is 14.6. The van der Waals surface area contributed by atoms with Crippen LogP contribution in [-0.4, -0.2) is 19.1 Å². The molecule has 2 aromatic rings. The van der Waals surface area contributed by atoms with Crippen LogP contribution in [0.5, 0.6) is 11.5 Å². The molecule has 21 heavy (non-hydrogen) atoms. The van der Waals surface area contributed by atoms with Gasteiger partial charge >= 0.3 is 5.97 Å². The van der Waals surface area contributed by atoms with Crippen LogP contribution >= 0.6 is 0 Å². The van der Waals surface area contributed by atoms with Crippen molar-refractivity contribution in [2.24, 2.45) is 0 Å². The fourth-order valence-electron chi connectivity index (χ4n) is 2.58. The van der Waals surface area contributed by atoms with Gasteiger partial charge in [0.15, 0.2) is 0 Å². The highest BCUT2D eigenvalue weighted by Gasteiger charge is 2.29. The van der Waals surface area contributed by atoms with Gasteiger partial charge in [0.1, 0.15) is 17.5 Å². The van der Waals surface area contributed by atoms with Crippen molar-refractivity contribution in [2.75, 3.05) is 7.11 Å². The summed E-state index contributed by atoms with van der Waals surface area (Å²) in [4.78, 5) is 11.7. The average Bonchev–Trinajstić information content (AvgIpc) is 2.53. The Morgan fingerprint density at radius 3 is 2.14 bits per heavy atom. The van der Waals surface area contributed by atoms with Crippen molar-refractivity contribution in [2.45, 2.75) is 19.0 Å². The number of methoxy groups -OCH3 is 1. The molecule has 1 aliphatic rings. The van der Waals surface area contributed by atoms with Crippen LogP contribution in [0.1, 0.15) is 24.1 Å². The van der Waals surface area contributed by atoms with Crippen LogP contribution in [0.2, 0.25) is 0 Å². The fraction of sp³-hybridized carbons (Fsp3) is 0.235. The lowest BCUT2D eigenvalue weighted by Crippen LogP contribution is -2.38. The van der Waals surface area contributed by atoms with E-state index in [0.29, 0.717) is 0 Å². The van der Waals surface area contributed by atoms with Gasteiger partial charge in [-0.25, -0.2) is 0 Å². The summed E-state index contributed by atoms with van der Waals surface area (Å²) in [5, 5.41) is 3.33. The number of hydrogen-bond donors (Lipinski definition) is 1. The Kier molecular flexibility index (Phi) is 3.62. The van der Waals surface area contributed by atoms with E-state index in [0.717, 1.165) is 22.6 Å². The standard InChI is InChI=1S/C17H17NO3/c1-11(17(19)20-2)18-16-12-7-3-5-9-14(12)21-15-10-6-4-8-13(15)16/h3-11,16,18H,1-2H3/t11-/m0/s1. The minimum absolute atomic E-state index is 0.0970. The van der Waals surface area contributed by atoms with Crippen molar-refractivity contribution in [1.29, 1.82) is 0 Å². The molecule has 0 bridgehead atoms. The van der Waals surface area contributed by atoms with Gasteiger partial charge in [-0.15, -0.1) is 0 Å². The van der Waals surface area contributed by atoms with Gasteiger partial charge in [-0.05, 0) is 19.1 Å². The van der Waals surface area contributed by atoms with E-state index in [9.17, 15) is 4.79 Å². The van der Waals surface area contributed by atoms with Crippen LogP contribution in [0, 0.1) is 0 Å². The lowest BCUT2D eigenvalue weighted by molar-refractivity contribution is -0.142. The zero-order chi connectivity index (χ0) is 14.8. The molecule has 0 saturated carbocycles. The summed E-state index contributed by atoms with van der Waals surface area (Å²) in [6.45, 7) is 1.80. The molecule has 2 aromatic carbocycles. The molecule has 1 N–H and O–H groups in total. The van der Waals surface area contributed by atoms with Crippen LogP contribution < -0.4 is 10.1 Å². The van der Waals surface area contributed by atoms with Gasteiger partial charge in [0.2, 0.25) is 0 Å². The van der Waals surface area contributed by atoms with Gasteiger partial charge in [0, 0.05) is 11.1 Å². The Morgan fingerprint density at radius 2 is 1.62 bits per heavy atom. The van der Waals surface area contributed by atoms with Gasteiger partial charge in [-0.3, -0.25) is 10.1 Å². The number of rotatable bonds is 3. The second-order valence-electron chi connectivity index (χ2n) is 5.02. The summed E-state index contributed by atoms with van der Waals surface area (Å²) in [6, 6.07) is 15.2. The van der Waals surface area contributed by atoms with Gasteiger partial charge < -0.3 is 9.47 Å². The number of benzene rings is 2. The van der Waals surface area contributed by atoms with E-state index in [4.69, 9.17) is 9.47 Å². The smallest absolute Gasteiger partial charge is 0.322 e. The van der Waals surface area contributed by atoms with E-state index in [2.05, 4.69) is 5.32 Å². The first-order valence-electron chi connectivity index (χ1n) is 6.90. The lowest BCUT2D eigenvalue weighted by Gasteiger charge is -2.30. The molecule has 1 aliphatic heterocycles. The number of fused-ring (bicyclic) bond motifs is 2. The minimum Gasteiger partial charge on any atom is -0.468 e.